The number of amides is 1. The fraction of sp³-hybridized carbons (Fsp3) is 0.368. The standard InChI is InChI=1S/C19H21IN2O5S2/c1-27-19(24)17-14-5-3-4-6-15(14)28-18(17)21-16(23)11-22(29(2,25)26)13-9-7-12(20)8-10-13/h7-10H,3-6,11H2,1-2H3,(H,21,23). The molecule has 1 heterocycles. The molecule has 29 heavy (non-hydrogen) atoms. The summed E-state index contributed by atoms with van der Waals surface area (Å²) in [6, 6.07) is 6.85. The number of aryl methyl sites for hydroxylation is 1. The molecule has 0 aliphatic heterocycles. The third-order valence-electron chi connectivity index (χ3n) is 4.62. The molecule has 0 atom stereocenters. The first-order valence-corrected chi connectivity index (χ1v) is 12.7. The van der Waals surface area contributed by atoms with Crippen LogP contribution >= 0.6 is 33.9 Å². The summed E-state index contributed by atoms with van der Waals surface area (Å²) in [6.07, 6.45) is 4.70. The second-order valence-electron chi connectivity index (χ2n) is 6.70. The molecule has 0 fully saturated rings. The van der Waals surface area contributed by atoms with Crippen LogP contribution in [-0.4, -0.2) is 40.2 Å². The Bertz CT molecular complexity index is 1030. The Kier molecular flexibility index (Phi) is 6.84. The lowest BCUT2D eigenvalue weighted by atomic mass is 9.95. The largest absolute Gasteiger partial charge is 0.465 e. The Morgan fingerprint density at radius 2 is 1.86 bits per heavy atom. The number of sulfonamides is 1. The van der Waals surface area contributed by atoms with Crippen molar-refractivity contribution in [2.75, 3.05) is 29.5 Å². The van der Waals surface area contributed by atoms with Crippen LogP contribution in [0.1, 0.15) is 33.6 Å². The molecular formula is C19H21IN2O5S2. The molecule has 0 spiro atoms. The molecule has 0 saturated heterocycles. The summed E-state index contributed by atoms with van der Waals surface area (Å²) in [5.74, 6) is -1.00. The van der Waals surface area contributed by atoms with Crippen LogP contribution in [0.3, 0.4) is 0 Å². The van der Waals surface area contributed by atoms with Gasteiger partial charge in [0.05, 0.1) is 24.6 Å². The Labute approximate surface area is 187 Å². The summed E-state index contributed by atoms with van der Waals surface area (Å²) >= 11 is 3.49. The van der Waals surface area contributed by atoms with Gasteiger partial charge in [-0.3, -0.25) is 9.10 Å². The number of rotatable bonds is 6. The highest BCUT2D eigenvalue weighted by molar-refractivity contribution is 14.1. The van der Waals surface area contributed by atoms with Crippen LogP contribution in [0.5, 0.6) is 0 Å². The highest BCUT2D eigenvalue weighted by Gasteiger charge is 2.28. The van der Waals surface area contributed by atoms with Crippen LogP contribution in [0.15, 0.2) is 24.3 Å². The smallest absolute Gasteiger partial charge is 0.341 e. The molecule has 0 bridgehead atoms. The number of hydrogen-bond acceptors (Lipinski definition) is 6. The number of nitrogens with one attached hydrogen (secondary N) is 1. The van der Waals surface area contributed by atoms with Crippen molar-refractivity contribution in [3.63, 3.8) is 0 Å². The van der Waals surface area contributed by atoms with Gasteiger partial charge >= 0.3 is 5.97 Å². The van der Waals surface area contributed by atoms with Crippen molar-refractivity contribution in [1.29, 1.82) is 0 Å². The summed E-state index contributed by atoms with van der Waals surface area (Å²) in [6.45, 7) is -0.386. The first kappa shape index (κ1) is 22.0. The molecule has 2 aromatic rings. The average molecular weight is 548 g/mol. The molecule has 1 N–H and O–H groups in total. The van der Waals surface area contributed by atoms with E-state index in [2.05, 4.69) is 27.9 Å². The lowest BCUT2D eigenvalue weighted by Crippen LogP contribution is -2.37. The Morgan fingerprint density at radius 1 is 1.21 bits per heavy atom. The minimum absolute atomic E-state index is 0.386. The molecule has 1 amide bonds. The monoisotopic (exact) mass is 548 g/mol. The summed E-state index contributed by atoms with van der Waals surface area (Å²) in [7, 11) is -2.36. The van der Waals surface area contributed by atoms with E-state index in [0.29, 0.717) is 16.3 Å². The van der Waals surface area contributed by atoms with Crippen molar-refractivity contribution >= 4 is 66.5 Å². The Hall–Kier alpha value is -1.66. The number of anilines is 2. The van der Waals surface area contributed by atoms with Crippen molar-refractivity contribution in [1.82, 2.24) is 0 Å². The van der Waals surface area contributed by atoms with E-state index in [4.69, 9.17) is 4.74 Å². The molecular weight excluding hydrogens is 527 g/mol. The first-order valence-electron chi connectivity index (χ1n) is 8.96. The van der Waals surface area contributed by atoms with Crippen molar-refractivity contribution in [2.45, 2.75) is 25.7 Å². The minimum Gasteiger partial charge on any atom is -0.465 e. The quantitative estimate of drug-likeness (QED) is 0.441. The van der Waals surface area contributed by atoms with Crippen molar-refractivity contribution < 1.29 is 22.7 Å². The van der Waals surface area contributed by atoms with Crippen molar-refractivity contribution in [3.05, 3.63) is 43.8 Å². The average Bonchev–Trinajstić information content (AvgIpc) is 3.03. The number of carbonyl (C=O) groups excluding carboxylic acids is 2. The number of nitrogens with zero attached hydrogens (tertiary/aromatic N) is 1. The summed E-state index contributed by atoms with van der Waals surface area (Å²) < 4.78 is 31.4. The van der Waals surface area contributed by atoms with Crippen LogP contribution in [0.25, 0.3) is 0 Å². The maximum Gasteiger partial charge on any atom is 0.341 e. The van der Waals surface area contributed by atoms with Crippen LogP contribution in [0, 0.1) is 3.57 Å². The molecule has 1 aliphatic carbocycles. The van der Waals surface area contributed by atoms with E-state index in [9.17, 15) is 18.0 Å². The Morgan fingerprint density at radius 3 is 2.48 bits per heavy atom. The molecule has 1 aromatic carbocycles. The topological polar surface area (TPSA) is 92.8 Å². The zero-order chi connectivity index (χ0) is 21.2. The van der Waals surface area contributed by atoms with E-state index < -0.39 is 21.9 Å². The van der Waals surface area contributed by atoms with E-state index in [1.54, 1.807) is 24.3 Å². The number of fused-ring (bicyclic) bond motifs is 1. The minimum atomic E-state index is -3.67. The fourth-order valence-electron chi connectivity index (χ4n) is 3.28. The van der Waals surface area contributed by atoms with E-state index in [0.717, 1.165) is 50.3 Å². The number of hydrogen-bond donors (Lipinski definition) is 1. The van der Waals surface area contributed by atoms with Crippen molar-refractivity contribution in [2.24, 2.45) is 0 Å². The fourth-order valence-corrected chi connectivity index (χ4v) is 5.79. The maximum absolute atomic E-state index is 12.7. The number of thiophene rings is 1. The SMILES string of the molecule is COC(=O)c1c(NC(=O)CN(c2ccc(I)cc2)S(C)(=O)=O)sc2c1CCCC2. The number of esters is 1. The van der Waals surface area contributed by atoms with E-state index >= 15 is 0 Å². The predicted molar refractivity (Wildman–Crippen MR) is 122 cm³/mol. The zero-order valence-corrected chi connectivity index (χ0v) is 19.8. The summed E-state index contributed by atoms with van der Waals surface area (Å²) in [4.78, 5) is 26.1. The van der Waals surface area contributed by atoms with Gasteiger partial charge in [-0.05, 0) is 78.1 Å². The highest BCUT2D eigenvalue weighted by Crippen LogP contribution is 2.38. The molecule has 7 nitrogen and oxygen atoms in total. The molecule has 3 rings (SSSR count). The maximum atomic E-state index is 12.7. The molecule has 1 aromatic heterocycles. The predicted octanol–water partition coefficient (Wildman–Crippen LogP) is 3.42. The van der Waals surface area contributed by atoms with Gasteiger partial charge in [-0.25, -0.2) is 13.2 Å². The van der Waals surface area contributed by atoms with Crippen LogP contribution < -0.4 is 9.62 Å². The van der Waals surface area contributed by atoms with Gasteiger partial charge in [0.25, 0.3) is 0 Å². The number of carbonyl (C=O) groups is 2. The second-order valence-corrected chi connectivity index (χ2v) is 11.0. The van der Waals surface area contributed by atoms with Gasteiger partial charge in [0.15, 0.2) is 0 Å². The van der Waals surface area contributed by atoms with E-state index in [1.807, 2.05) is 0 Å². The van der Waals surface area contributed by atoms with Crippen LogP contribution in [0.2, 0.25) is 0 Å². The molecule has 10 heteroatoms. The molecule has 0 unspecified atom stereocenters. The lowest BCUT2D eigenvalue weighted by Gasteiger charge is -2.22. The lowest BCUT2D eigenvalue weighted by molar-refractivity contribution is -0.114. The van der Waals surface area contributed by atoms with Gasteiger partial charge < -0.3 is 10.1 Å². The summed E-state index contributed by atoms with van der Waals surface area (Å²) in [5.41, 5.74) is 1.73. The molecule has 156 valence electrons. The molecule has 1 aliphatic rings. The van der Waals surface area contributed by atoms with Gasteiger partial charge in [-0.15, -0.1) is 11.3 Å². The van der Waals surface area contributed by atoms with Crippen LogP contribution in [-0.2, 0) is 32.4 Å². The highest BCUT2D eigenvalue weighted by atomic mass is 127. The second kappa shape index (κ2) is 9.00. The molecule has 0 radical (unpaired) electrons. The summed E-state index contributed by atoms with van der Waals surface area (Å²) in [5, 5.41) is 3.16. The third-order valence-corrected chi connectivity index (χ3v) is 7.68. The number of methoxy groups -OCH3 is 1. The van der Waals surface area contributed by atoms with E-state index in [1.165, 1.54) is 18.4 Å². The number of ether oxygens (including phenoxy) is 1. The van der Waals surface area contributed by atoms with Gasteiger partial charge in [0, 0.05) is 8.45 Å². The Balaban J connectivity index is 1.86. The third kappa shape index (κ3) is 5.10. The van der Waals surface area contributed by atoms with Gasteiger partial charge in [0.2, 0.25) is 15.9 Å². The number of halogens is 1. The number of benzene rings is 1. The van der Waals surface area contributed by atoms with Gasteiger partial charge in [-0.1, -0.05) is 0 Å². The zero-order valence-electron chi connectivity index (χ0n) is 16.0. The van der Waals surface area contributed by atoms with Crippen molar-refractivity contribution in [3.8, 4) is 0 Å². The van der Waals surface area contributed by atoms with Gasteiger partial charge in [0.1, 0.15) is 11.5 Å². The molecule has 0 saturated carbocycles. The van der Waals surface area contributed by atoms with E-state index in [-0.39, 0.29) is 6.54 Å². The normalized spacial score (nSPS) is 13.5. The van der Waals surface area contributed by atoms with Gasteiger partial charge in [-0.2, -0.15) is 0 Å². The first-order chi connectivity index (χ1) is 13.7. The van der Waals surface area contributed by atoms with Crippen LogP contribution in [0.4, 0.5) is 10.7 Å².